The first-order chi connectivity index (χ1) is 10.2. The lowest BCUT2D eigenvalue weighted by atomic mass is 9.81. The molecular formula is C18H19N3. The van der Waals surface area contributed by atoms with Crippen molar-refractivity contribution in [2.45, 2.75) is 26.2 Å². The SMILES string of the molecule is CCC1=CN(C)C=C(C#N)C1c1c(C)[nH]c2ccccc12. The van der Waals surface area contributed by atoms with E-state index in [-0.39, 0.29) is 5.92 Å². The number of benzene rings is 1. The molecule has 1 aliphatic heterocycles. The van der Waals surface area contributed by atoms with Crippen LogP contribution < -0.4 is 0 Å². The van der Waals surface area contributed by atoms with Gasteiger partial charge in [0.15, 0.2) is 0 Å². The van der Waals surface area contributed by atoms with Gasteiger partial charge in [-0.2, -0.15) is 5.26 Å². The van der Waals surface area contributed by atoms with Gasteiger partial charge in [-0.3, -0.25) is 0 Å². The Balaban J connectivity index is 2.25. The summed E-state index contributed by atoms with van der Waals surface area (Å²) in [4.78, 5) is 5.43. The molecule has 2 heterocycles. The zero-order valence-corrected chi connectivity index (χ0v) is 12.6. The third-order valence-electron chi connectivity index (χ3n) is 4.16. The van der Waals surface area contributed by atoms with Gasteiger partial charge in [0, 0.05) is 42.0 Å². The van der Waals surface area contributed by atoms with Gasteiger partial charge in [0.25, 0.3) is 0 Å². The van der Waals surface area contributed by atoms with Gasteiger partial charge in [0.05, 0.1) is 11.6 Å². The van der Waals surface area contributed by atoms with Crippen molar-refractivity contribution in [1.29, 1.82) is 5.26 Å². The smallest absolute Gasteiger partial charge is 0.0972 e. The normalized spacial score (nSPS) is 18.4. The number of aromatic amines is 1. The molecule has 0 aliphatic carbocycles. The monoisotopic (exact) mass is 277 g/mol. The Bertz CT molecular complexity index is 786. The van der Waals surface area contributed by atoms with E-state index in [4.69, 9.17) is 0 Å². The van der Waals surface area contributed by atoms with Gasteiger partial charge in [-0.15, -0.1) is 0 Å². The van der Waals surface area contributed by atoms with Gasteiger partial charge >= 0.3 is 0 Å². The lowest BCUT2D eigenvalue weighted by Gasteiger charge is -2.27. The van der Waals surface area contributed by atoms with Crippen LogP contribution in [0.25, 0.3) is 10.9 Å². The van der Waals surface area contributed by atoms with Crippen LogP contribution in [0.5, 0.6) is 0 Å². The molecule has 21 heavy (non-hydrogen) atoms. The second-order valence-electron chi connectivity index (χ2n) is 5.56. The van der Waals surface area contributed by atoms with Crippen molar-refractivity contribution in [2.24, 2.45) is 0 Å². The molecule has 2 aromatic rings. The summed E-state index contributed by atoms with van der Waals surface area (Å²) < 4.78 is 0. The summed E-state index contributed by atoms with van der Waals surface area (Å²) in [6, 6.07) is 10.7. The van der Waals surface area contributed by atoms with Gasteiger partial charge in [0.1, 0.15) is 0 Å². The third-order valence-corrected chi connectivity index (χ3v) is 4.16. The molecule has 1 aliphatic rings. The lowest BCUT2D eigenvalue weighted by molar-refractivity contribution is 0.579. The first kappa shape index (κ1) is 13.5. The van der Waals surface area contributed by atoms with E-state index in [1.807, 2.05) is 24.2 Å². The molecule has 3 heteroatoms. The quantitative estimate of drug-likeness (QED) is 0.893. The van der Waals surface area contributed by atoms with Crippen molar-refractivity contribution >= 4 is 10.9 Å². The number of allylic oxidation sites excluding steroid dienone is 2. The Morgan fingerprint density at radius 1 is 1.29 bits per heavy atom. The largest absolute Gasteiger partial charge is 0.358 e. The van der Waals surface area contributed by atoms with Crippen LogP contribution in [0.15, 0.2) is 47.8 Å². The molecule has 1 aromatic carbocycles. The van der Waals surface area contributed by atoms with Gasteiger partial charge in [0.2, 0.25) is 0 Å². The summed E-state index contributed by atoms with van der Waals surface area (Å²) in [6.45, 7) is 4.24. The average molecular weight is 277 g/mol. The van der Waals surface area contributed by atoms with Crippen LogP contribution >= 0.6 is 0 Å². The third kappa shape index (κ3) is 2.13. The minimum Gasteiger partial charge on any atom is -0.358 e. The lowest BCUT2D eigenvalue weighted by Crippen LogP contribution is -2.17. The van der Waals surface area contributed by atoms with E-state index in [1.165, 1.54) is 16.5 Å². The number of nitriles is 1. The fraction of sp³-hybridized carbons (Fsp3) is 0.278. The molecule has 0 fully saturated rings. The van der Waals surface area contributed by atoms with Crippen LogP contribution in [0, 0.1) is 18.3 Å². The van der Waals surface area contributed by atoms with E-state index >= 15 is 0 Å². The van der Waals surface area contributed by atoms with E-state index in [9.17, 15) is 5.26 Å². The Morgan fingerprint density at radius 3 is 2.76 bits per heavy atom. The Morgan fingerprint density at radius 2 is 2.05 bits per heavy atom. The standard InChI is InChI=1S/C18H19N3/c1-4-13-10-21(3)11-14(9-19)18(13)17-12(2)20-16-8-6-5-7-15(16)17/h5-8,10-11,18,20H,4H2,1-3H3. The fourth-order valence-corrected chi connectivity index (χ4v) is 3.27. The summed E-state index contributed by atoms with van der Waals surface area (Å²) in [7, 11) is 1.98. The van der Waals surface area contributed by atoms with Crippen LogP contribution in [-0.4, -0.2) is 16.9 Å². The van der Waals surface area contributed by atoms with E-state index in [2.05, 4.69) is 49.3 Å². The molecule has 0 saturated carbocycles. The molecule has 1 N–H and O–H groups in total. The number of para-hydroxylation sites is 1. The van der Waals surface area contributed by atoms with Crippen LogP contribution in [0.3, 0.4) is 0 Å². The Hall–Kier alpha value is -2.47. The predicted octanol–water partition coefficient (Wildman–Crippen LogP) is 4.21. The maximum absolute atomic E-state index is 9.57. The molecule has 1 unspecified atom stereocenters. The number of fused-ring (bicyclic) bond motifs is 1. The summed E-state index contributed by atoms with van der Waals surface area (Å²) in [5.74, 6) is 0.0624. The zero-order chi connectivity index (χ0) is 15.0. The molecular weight excluding hydrogens is 258 g/mol. The van der Waals surface area contributed by atoms with Crippen molar-refractivity contribution in [2.75, 3.05) is 7.05 Å². The number of hydrogen-bond donors (Lipinski definition) is 1. The molecule has 3 nitrogen and oxygen atoms in total. The highest BCUT2D eigenvalue weighted by Gasteiger charge is 2.28. The van der Waals surface area contributed by atoms with Crippen molar-refractivity contribution in [3.05, 3.63) is 59.1 Å². The first-order valence-electron chi connectivity index (χ1n) is 7.27. The highest BCUT2D eigenvalue weighted by atomic mass is 15.1. The zero-order valence-electron chi connectivity index (χ0n) is 12.6. The molecule has 106 valence electrons. The summed E-state index contributed by atoms with van der Waals surface area (Å²) in [5, 5.41) is 10.8. The molecule has 1 atom stereocenters. The van der Waals surface area contributed by atoms with Gasteiger partial charge in [-0.1, -0.05) is 25.1 Å². The molecule has 0 radical (unpaired) electrons. The maximum atomic E-state index is 9.57. The average Bonchev–Trinajstić information content (AvgIpc) is 2.82. The molecule has 1 aromatic heterocycles. The number of nitrogens with one attached hydrogen (secondary N) is 1. The topological polar surface area (TPSA) is 42.8 Å². The second kappa shape index (κ2) is 5.14. The minimum atomic E-state index is 0.0624. The van der Waals surface area contributed by atoms with E-state index in [0.29, 0.717) is 0 Å². The van der Waals surface area contributed by atoms with E-state index < -0.39 is 0 Å². The number of aromatic nitrogens is 1. The number of aryl methyl sites for hydroxylation is 1. The first-order valence-corrected chi connectivity index (χ1v) is 7.27. The van der Waals surface area contributed by atoms with Crippen LogP contribution in [0.4, 0.5) is 0 Å². The molecule has 3 rings (SSSR count). The van der Waals surface area contributed by atoms with Gasteiger partial charge < -0.3 is 9.88 Å². The number of hydrogen-bond acceptors (Lipinski definition) is 2. The van der Waals surface area contributed by atoms with Crippen molar-refractivity contribution in [3.63, 3.8) is 0 Å². The summed E-state index contributed by atoms with van der Waals surface area (Å²) in [6.07, 6.45) is 5.02. The Kier molecular flexibility index (Phi) is 3.31. The minimum absolute atomic E-state index is 0.0624. The molecule has 0 spiro atoms. The van der Waals surface area contributed by atoms with Gasteiger partial charge in [-0.05, 0) is 30.5 Å². The van der Waals surface area contributed by atoms with Crippen LogP contribution in [0.2, 0.25) is 0 Å². The van der Waals surface area contributed by atoms with Gasteiger partial charge in [-0.25, -0.2) is 0 Å². The van der Waals surface area contributed by atoms with E-state index in [0.717, 1.165) is 23.2 Å². The van der Waals surface area contributed by atoms with Crippen LogP contribution in [0.1, 0.15) is 30.5 Å². The molecule has 0 bridgehead atoms. The summed E-state index contributed by atoms with van der Waals surface area (Å²) >= 11 is 0. The van der Waals surface area contributed by atoms with Crippen molar-refractivity contribution in [3.8, 4) is 6.07 Å². The highest BCUT2D eigenvalue weighted by molar-refractivity contribution is 5.86. The number of rotatable bonds is 2. The maximum Gasteiger partial charge on any atom is 0.0972 e. The van der Waals surface area contributed by atoms with Crippen molar-refractivity contribution < 1.29 is 0 Å². The second-order valence-corrected chi connectivity index (χ2v) is 5.56. The molecule has 0 saturated heterocycles. The van der Waals surface area contributed by atoms with Crippen LogP contribution in [-0.2, 0) is 0 Å². The van der Waals surface area contributed by atoms with Crippen molar-refractivity contribution in [1.82, 2.24) is 9.88 Å². The summed E-state index contributed by atoms with van der Waals surface area (Å²) in [5.41, 5.74) is 5.61. The fourth-order valence-electron chi connectivity index (χ4n) is 3.27. The molecule has 0 amide bonds. The number of H-pyrrole nitrogens is 1. The highest BCUT2D eigenvalue weighted by Crippen LogP contribution is 2.41. The number of nitrogens with zero attached hydrogens (tertiary/aromatic N) is 2. The Labute approximate surface area is 125 Å². The predicted molar refractivity (Wildman–Crippen MR) is 85.6 cm³/mol. The van der Waals surface area contributed by atoms with E-state index in [1.54, 1.807) is 0 Å².